The molecule has 0 radical (unpaired) electrons. The molecule has 1 rings (SSSR count). The summed E-state index contributed by atoms with van der Waals surface area (Å²) in [4.78, 5) is 10.4. The lowest BCUT2D eigenvalue weighted by Crippen LogP contribution is -2.06. The minimum absolute atomic E-state index is 0.0570. The third kappa shape index (κ3) is 2.05. The molecule has 5 nitrogen and oxygen atoms in total. The number of aromatic nitrogens is 3. The third-order valence-corrected chi connectivity index (χ3v) is 1.83. The van der Waals surface area contributed by atoms with E-state index in [1.54, 1.807) is 4.68 Å². The van der Waals surface area contributed by atoms with Crippen molar-refractivity contribution in [3.8, 4) is 0 Å². The SMILES string of the molecule is Cc1c(CC(=O)O)nnn1C(C)C. The van der Waals surface area contributed by atoms with Gasteiger partial charge in [-0.15, -0.1) is 5.10 Å². The molecule has 0 bridgehead atoms. The first-order chi connectivity index (χ1) is 6.02. The van der Waals surface area contributed by atoms with E-state index in [2.05, 4.69) is 10.3 Å². The molecule has 1 heterocycles. The van der Waals surface area contributed by atoms with Gasteiger partial charge >= 0.3 is 5.97 Å². The number of hydrogen-bond acceptors (Lipinski definition) is 3. The van der Waals surface area contributed by atoms with Crippen LogP contribution in [0.15, 0.2) is 0 Å². The summed E-state index contributed by atoms with van der Waals surface area (Å²) >= 11 is 0. The average molecular weight is 183 g/mol. The number of aliphatic carboxylic acids is 1. The lowest BCUT2D eigenvalue weighted by Gasteiger charge is -2.05. The van der Waals surface area contributed by atoms with E-state index < -0.39 is 5.97 Å². The normalized spacial score (nSPS) is 10.8. The fraction of sp³-hybridized carbons (Fsp3) is 0.625. The predicted molar refractivity (Wildman–Crippen MR) is 46.5 cm³/mol. The lowest BCUT2D eigenvalue weighted by atomic mass is 10.2. The molecule has 0 fully saturated rings. The molecule has 0 aromatic carbocycles. The van der Waals surface area contributed by atoms with Gasteiger partial charge in [-0.1, -0.05) is 5.21 Å². The lowest BCUT2D eigenvalue weighted by molar-refractivity contribution is -0.136. The van der Waals surface area contributed by atoms with Gasteiger partial charge in [-0.25, -0.2) is 4.68 Å². The molecule has 0 saturated heterocycles. The second kappa shape index (κ2) is 3.55. The van der Waals surface area contributed by atoms with Crippen molar-refractivity contribution in [3.63, 3.8) is 0 Å². The topological polar surface area (TPSA) is 68.0 Å². The fourth-order valence-corrected chi connectivity index (χ4v) is 1.17. The van der Waals surface area contributed by atoms with Gasteiger partial charge in [-0.3, -0.25) is 4.79 Å². The van der Waals surface area contributed by atoms with E-state index in [0.29, 0.717) is 5.69 Å². The van der Waals surface area contributed by atoms with Gasteiger partial charge in [0.1, 0.15) is 0 Å². The zero-order chi connectivity index (χ0) is 10.0. The Morgan fingerprint density at radius 2 is 2.23 bits per heavy atom. The fourth-order valence-electron chi connectivity index (χ4n) is 1.17. The maximum atomic E-state index is 10.4. The minimum Gasteiger partial charge on any atom is -0.481 e. The minimum atomic E-state index is -0.876. The molecule has 1 N–H and O–H groups in total. The molecule has 1 aromatic rings. The van der Waals surface area contributed by atoms with Crippen LogP contribution in [0.4, 0.5) is 0 Å². The summed E-state index contributed by atoms with van der Waals surface area (Å²) < 4.78 is 1.72. The molecular formula is C8H13N3O2. The van der Waals surface area contributed by atoms with E-state index in [9.17, 15) is 4.79 Å². The van der Waals surface area contributed by atoms with Crippen molar-refractivity contribution in [2.45, 2.75) is 33.2 Å². The van der Waals surface area contributed by atoms with Crippen molar-refractivity contribution in [2.75, 3.05) is 0 Å². The van der Waals surface area contributed by atoms with Crippen LogP contribution in [0.5, 0.6) is 0 Å². The summed E-state index contributed by atoms with van der Waals surface area (Å²) in [5.41, 5.74) is 1.37. The Balaban J connectivity index is 2.92. The summed E-state index contributed by atoms with van der Waals surface area (Å²) in [6.07, 6.45) is -0.0570. The Kier molecular flexibility index (Phi) is 2.65. The summed E-state index contributed by atoms with van der Waals surface area (Å²) in [6.45, 7) is 5.79. The van der Waals surface area contributed by atoms with E-state index in [4.69, 9.17) is 5.11 Å². The molecule has 0 spiro atoms. The highest BCUT2D eigenvalue weighted by molar-refractivity contribution is 5.69. The zero-order valence-electron chi connectivity index (χ0n) is 7.98. The second-order valence-corrected chi connectivity index (χ2v) is 3.23. The molecule has 13 heavy (non-hydrogen) atoms. The Labute approximate surface area is 76.4 Å². The monoisotopic (exact) mass is 183 g/mol. The molecule has 0 amide bonds. The van der Waals surface area contributed by atoms with E-state index in [1.165, 1.54) is 0 Å². The molecule has 0 saturated carbocycles. The predicted octanol–water partition coefficient (Wildman–Crippen LogP) is 0.795. The second-order valence-electron chi connectivity index (χ2n) is 3.23. The summed E-state index contributed by atoms with van der Waals surface area (Å²) in [5, 5.41) is 16.2. The van der Waals surface area contributed by atoms with Gasteiger partial charge in [-0.2, -0.15) is 0 Å². The van der Waals surface area contributed by atoms with Crippen LogP contribution in [0.2, 0.25) is 0 Å². The number of nitrogens with zero attached hydrogens (tertiary/aromatic N) is 3. The van der Waals surface area contributed by atoms with Gasteiger partial charge in [0.25, 0.3) is 0 Å². The maximum Gasteiger partial charge on any atom is 0.309 e. The molecule has 0 aliphatic rings. The summed E-state index contributed by atoms with van der Waals surface area (Å²) in [5.74, 6) is -0.876. The summed E-state index contributed by atoms with van der Waals surface area (Å²) in [6, 6.07) is 0.218. The van der Waals surface area contributed by atoms with Crippen molar-refractivity contribution in [2.24, 2.45) is 0 Å². The van der Waals surface area contributed by atoms with Crippen LogP contribution in [0.3, 0.4) is 0 Å². The molecule has 1 aromatic heterocycles. The van der Waals surface area contributed by atoms with E-state index in [0.717, 1.165) is 5.69 Å². The van der Waals surface area contributed by atoms with Crippen molar-refractivity contribution in [1.29, 1.82) is 0 Å². The smallest absolute Gasteiger partial charge is 0.309 e. The van der Waals surface area contributed by atoms with Gasteiger partial charge < -0.3 is 5.11 Å². The number of carboxylic acid groups (broad SMARTS) is 1. The first kappa shape index (κ1) is 9.70. The van der Waals surface area contributed by atoms with Gasteiger partial charge in [0.2, 0.25) is 0 Å². The Bertz CT molecular complexity index is 317. The molecule has 5 heteroatoms. The van der Waals surface area contributed by atoms with Crippen LogP contribution in [0.25, 0.3) is 0 Å². The molecule has 0 aliphatic carbocycles. The Morgan fingerprint density at radius 1 is 1.62 bits per heavy atom. The highest BCUT2D eigenvalue weighted by atomic mass is 16.4. The van der Waals surface area contributed by atoms with Gasteiger partial charge in [0.15, 0.2) is 0 Å². The van der Waals surface area contributed by atoms with Crippen molar-refractivity contribution in [3.05, 3.63) is 11.4 Å². The average Bonchev–Trinajstić information content (AvgIpc) is 2.32. The molecular weight excluding hydrogens is 170 g/mol. The van der Waals surface area contributed by atoms with Gasteiger partial charge in [-0.05, 0) is 20.8 Å². The van der Waals surface area contributed by atoms with Gasteiger partial charge in [0.05, 0.1) is 17.8 Å². The standard InChI is InChI=1S/C8H13N3O2/c1-5(2)11-6(3)7(9-10-11)4-8(12)13/h5H,4H2,1-3H3,(H,12,13). The van der Waals surface area contributed by atoms with Crippen molar-refractivity contribution >= 4 is 5.97 Å². The number of carboxylic acids is 1. The van der Waals surface area contributed by atoms with Crippen LogP contribution in [0, 0.1) is 6.92 Å². The van der Waals surface area contributed by atoms with Crippen LogP contribution in [-0.4, -0.2) is 26.1 Å². The molecule has 0 atom stereocenters. The van der Waals surface area contributed by atoms with Crippen LogP contribution >= 0.6 is 0 Å². The Morgan fingerprint density at radius 3 is 2.62 bits per heavy atom. The first-order valence-electron chi connectivity index (χ1n) is 4.14. The highest BCUT2D eigenvalue weighted by Crippen LogP contribution is 2.10. The maximum absolute atomic E-state index is 10.4. The third-order valence-electron chi connectivity index (χ3n) is 1.83. The van der Waals surface area contributed by atoms with Crippen molar-refractivity contribution in [1.82, 2.24) is 15.0 Å². The number of carbonyl (C=O) groups is 1. The van der Waals surface area contributed by atoms with E-state index in [1.807, 2.05) is 20.8 Å². The highest BCUT2D eigenvalue weighted by Gasteiger charge is 2.12. The molecule has 72 valence electrons. The van der Waals surface area contributed by atoms with Crippen molar-refractivity contribution < 1.29 is 9.90 Å². The number of hydrogen-bond donors (Lipinski definition) is 1. The molecule has 0 unspecified atom stereocenters. The summed E-state index contributed by atoms with van der Waals surface area (Å²) in [7, 11) is 0. The van der Waals surface area contributed by atoms with E-state index in [-0.39, 0.29) is 12.5 Å². The Hall–Kier alpha value is -1.39. The quantitative estimate of drug-likeness (QED) is 0.752. The van der Waals surface area contributed by atoms with Crippen LogP contribution < -0.4 is 0 Å². The van der Waals surface area contributed by atoms with Crippen LogP contribution in [0.1, 0.15) is 31.3 Å². The van der Waals surface area contributed by atoms with Gasteiger partial charge in [0, 0.05) is 6.04 Å². The zero-order valence-corrected chi connectivity index (χ0v) is 7.98. The first-order valence-corrected chi connectivity index (χ1v) is 4.14. The number of rotatable bonds is 3. The largest absolute Gasteiger partial charge is 0.481 e. The molecule has 0 aliphatic heterocycles. The van der Waals surface area contributed by atoms with E-state index >= 15 is 0 Å². The van der Waals surface area contributed by atoms with Crippen LogP contribution in [-0.2, 0) is 11.2 Å².